The lowest BCUT2D eigenvalue weighted by Gasteiger charge is -2.09. The van der Waals surface area contributed by atoms with Gasteiger partial charge in [-0.25, -0.2) is 14.7 Å². The largest absolute Gasteiger partial charge is 0.377 e. The molecule has 5 nitrogen and oxygen atoms in total. The third-order valence-electron chi connectivity index (χ3n) is 3.10. The predicted molar refractivity (Wildman–Crippen MR) is 65.5 cm³/mol. The van der Waals surface area contributed by atoms with Crippen LogP contribution in [0.25, 0.3) is 11.4 Å². The molecule has 0 atom stereocenters. The Hall–Kier alpha value is -2.17. The molecule has 1 aliphatic carbocycles. The third-order valence-corrected chi connectivity index (χ3v) is 3.10. The van der Waals surface area contributed by atoms with Crippen LogP contribution in [0.5, 0.6) is 0 Å². The van der Waals surface area contributed by atoms with E-state index in [1.807, 2.05) is 19.9 Å². The molecule has 0 amide bonds. The summed E-state index contributed by atoms with van der Waals surface area (Å²) in [6, 6.07) is 3.40. The standard InChI is InChI=1S/C13H13N3O2/c1-3-8-5-9-11(17)6-10-12(15-7-14-10)13(9)18-16(8)4-2/h5-7H,3-4H2,1-2H3. The van der Waals surface area contributed by atoms with E-state index in [4.69, 9.17) is 4.52 Å². The van der Waals surface area contributed by atoms with Gasteiger partial charge in [-0.3, -0.25) is 4.79 Å². The minimum atomic E-state index is -0.0697. The fourth-order valence-electron chi connectivity index (χ4n) is 2.18. The molecule has 0 aromatic heterocycles. The number of rotatable bonds is 2. The summed E-state index contributed by atoms with van der Waals surface area (Å²) in [5.74, 6) is 0. The minimum absolute atomic E-state index is 0.0697. The molecule has 0 fully saturated rings. The number of aromatic nitrogens is 3. The van der Waals surface area contributed by atoms with Crippen molar-refractivity contribution < 1.29 is 4.52 Å². The molecule has 2 heterocycles. The van der Waals surface area contributed by atoms with Crippen LogP contribution < -0.4 is 5.43 Å². The van der Waals surface area contributed by atoms with Crippen LogP contribution in [-0.2, 0) is 13.0 Å². The maximum atomic E-state index is 12.0. The van der Waals surface area contributed by atoms with E-state index in [-0.39, 0.29) is 5.43 Å². The Balaban J connectivity index is 2.54. The SMILES string of the molecule is CCc1cc2c(=O)cc3ncnc-3c=2on1CC. The van der Waals surface area contributed by atoms with Gasteiger partial charge in [0.25, 0.3) is 0 Å². The van der Waals surface area contributed by atoms with Crippen molar-refractivity contribution in [2.75, 3.05) is 0 Å². The van der Waals surface area contributed by atoms with E-state index in [9.17, 15) is 4.79 Å². The second-order valence-corrected chi connectivity index (χ2v) is 4.13. The molecule has 3 rings (SSSR count). The topological polar surface area (TPSA) is 60.9 Å². The van der Waals surface area contributed by atoms with Crippen LogP contribution in [0.1, 0.15) is 19.5 Å². The van der Waals surface area contributed by atoms with Crippen molar-refractivity contribution in [1.29, 1.82) is 0 Å². The van der Waals surface area contributed by atoms with Gasteiger partial charge >= 0.3 is 0 Å². The van der Waals surface area contributed by atoms with E-state index in [2.05, 4.69) is 9.97 Å². The normalized spacial score (nSPS) is 11.4. The zero-order chi connectivity index (χ0) is 12.7. The lowest BCUT2D eigenvalue weighted by molar-refractivity contribution is 0.234. The maximum Gasteiger partial charge on any atom is 0.194 e. The second-order valence-electron chi connectivity index (χ2n) is 4.13. The first-order valence-electron chi connectivity index (χ1n) is 6.02. The van der Waals surface area contributed by atoms with Gasteiger partial charge in [0.05, 0.1) is 23.2 Å². The van der Waals surface area contributed by atoms with Crippen molar-refractivity contribution in [2.24, 2.45) is 0 Å². The molecule has 18 heavy (non-hydrogen) atoms. The highest BCUT2D eigenvalue weighted by Gasteiger charge is 2.14. The molecule has 0 saturated heterocycles. The Bertz CT molecular complexity index is 787. The Morgan fingerprint density at radius 1 is 1.28 bits per heavy atom. The Morgan fingerprint density at radius 2 is 2.11 bits per heavy atom. The predicted octanol–water partition coefficient (Wildman–Crippen LogP) is 1.64. The van der Waals surface area contributed by atoms with Gasteiger partial charge in [0.15, 0.2) is 10.8 Å². The maximum absolute atomic E-state index is 12.0. The van der Waals surface area contributed by atoms with Crippen molar-refractivity contribution in [3.8, 4) is 11.4 Å². The van der Waals surface area contributed by atoms with Gasteiger partial charge in [-0.2, -0.15) is 0 Å². The number of hydrogen-bond acceptors (Lipinski definition) is 4. The van der Waals surface area contributed by atoms with E-state index in [0.29, 0.717) is 22.0 Å². The zero-order valence-electron chi connectivity index (χ0n) is 10.3. The van der Waals surface area contributed by atoms with Gasteiger partial charge in [0, 0.05) is 6.07 Å². The molecule has 0 radical (unpaired) electrons. The van der Waals surface area contributed by atoms with Crippen LogP contribution in [0.2, 0.25) is 0 Å². The number of hydrogen-bond donors (Lipinski definition) is 0. The Morgan fingerprint density at radius 3 is 2.83 bits per heavy atom. The van der Waals surface area contributed by atoms with E-state index < -0.39 is 0 Å². The molecule has 0 saturated carbocycles. The first-order chi connectivity index (χ1) is 8.74. The third kappa shape index (κ3) is 1.44. The van der Waals surface area contributed by atoms with E-state index in [1.54, 1.807) is 4.74 Å². The molecule has 0 spiro atoms. The van der Waals surface area contributed by atoms with Crippen LogP contribution in [0, 0.1) is 10.6 Å². The summed E-state index contributed by atoms with van der Waals surface area (Å²) < 4.78 is 7.59. The summed E-state index contributed by atoms with van der Waals surface area (Å²) in [7, 11) is 0. The summed E-state index contributed by atoms with van der Waals surface area (Å²) in [4.78, 5) is 20.2. The molecule has 0 aromatic rings. The highest BCUT2D eigenvalue weighted by atomic mass is 16.5. The molecular weight excluding hydrogens is 230 g/mol. The van der Waals surface area contributed by atoms with Gasteiger partial charge in [0.1, 0.15) is 12.0 Å². The molecule has 2 aliphatic heterocycles. The highest BCUT2D eigenvalue weighted by Crippen LogP contribution is 2.18. The summed E-state index contributed by atoms with van der Waals surface area (Å²) >= 11 is 0. The van der Waals surface area contributed by atoms with Crippen LogP contribution in [0.4, 0.5) is 0 Å². The fraction of sp³-hybridized carbons (Fsp3) is 0.308. The number of nitrogens with zero attached hydrogens (tertiary/aromatic N) is 3. The smallest absolute Gasteiger partial charge is 0.194 e. The van der Waals surface area contributed by atoms with Gasteiger partial charge in [-0.15, -0.1) is 0 Å². The Labute approximate surface area is 103 Å². The Kier molecular flexibility index (Phi) is 2.40. The fourth-order valence-corrected chi connectivity index (χ4v) is 2.18. The van der Waals surface area contributed by atoms with E-state index in [1.165, 1.54) is 12.4 Å². The quantitative estimate of drug-likeness (QED) is 0.686. The summed E-state index contributed by atoms with van der Waals surface area (Å²) in [5.41, 5.74) is 2.69. The average Bonchev–Trinajstić information content (AvgIpc) is 2.85. The van der Waals surface area contributed by atoms with Crippen LogP contribution in [0.15, 0.2) is 27.8 Å². The molecule has 0 aromatic carbocycles. The first kappa shape index (κ1) is 11.0. The number of imidazole rings is 1. The monoisotopic (exact) mass is 243 g/mol. The van der Waals surface area contributed by atoms with Crippen molar-refractivity contribution in [3.63, 3.8) is 0 Å². The van der Waals surface area contributed by atoms with E-state index in [0.717, 1.165) is 18.7 Å². The van der Waals surface area contributed by atoms with Crippen molar-refractivity contribution in [2.45, 2.75) is 26.8 Å². The number of fused-ring (bicyclic) bond motifs is 2. The van der Waals surface area contributed by atoms with Crippen LogP contribution in [-0.4, -0.2) is 14.7 Å². The lowest BCUT2D eigenvalue weighted by atomic mass is 10.1. The molecule has 3 aliphatic rings. The zero-order valence-corrected chi connectivity index (χ0v) is 10.3. The van der Waals surface area contributed by atoms with Crippen molar-refractivity contribution >= 4 is 0 Å². The average molecular weight is 243 g/mol. The summed E-state index contributed by atoms with van der Waals surface area (Å²) in [5, 5.41) is 0.574. The molecule has 0 bridgehead atoms. The molecule has 0 N–H and O–H groups in total. The molecule has 92 valence electrons. The van der Waals surface area contributed by atoms with Crippen LogP contribution in [0.3, 0.4) is 0 Å². The van der Waals surface area contributed by atoms with Gasteiger partial charge in [-0.1, -0.05) is 6.92 Å². The van der Waals surface area contributed by atoms with Crippen molar-refractivity contribution in [3.05, 3.63) is 45.0 Å². The summed E-state index contributed by atoms with van der Waals surface area (Å²) in [6.45, 7) is 4.76. The second kappa shape index (κ2) is 3.94. The molecule has 0 unspecified atom stereocenters. The van der Waals surface area contributed by atoms with Gasteiger partial charge < -0.3 is 4.52 Å². The molecule has 5 heteroatoms. The van der Waals surface area contributed by atoms with Gasteiger partial charge in [-0.05, 0) is 19.4 Å². The van der Waals surface area contributed by atoms with Crippen molar-refractivity contribution in [1.82, 2.24) is 14.7 Å². The molecular formula is C13H13N3O2. The van der Waals surface area contributed by atoms with Gasteiger partial charge in [0.2, 0.25) is 0 Å². The lowest BCUT2D eigenvalue weighted by Crippen LogP contribution is -2.11. The van der Waals surface area contributed by atoms with E-state index >= 15 is 0 Å². The van der Waals surface area contributed by atoms with Crippen LogP contribution >= 0.6 is 0 Å². The summed E-state index contributed by atoms with van der Waals surface area (Å²) in [6.07, 6.45) is 2.26. The number of aryl methyl sites for hydroxylation is 2. The first-order valence-corrected chi connectivity index (χ1v) is 6.02. The minimum Gasteiger partial charge on any atom is -0.377 e. The highest BCUT2D eigenvalue weighted by molar-refractivity contribution is 5.55.